The molecule has 1 atom stereocenters. The van der Waals surface area contributed by atoms with Gasteiger partial charge in [-0.25, -0.2) is 0 Å². The highest BCUT2D eigenvalue weighted by atomic mass is 16.2. The SMILES string of the molecule is CC[C@@H](C(=O)N1CCN(C)CC1)N1C(=O)CCCc2ccccc21. The molecular formula is C19H27N3O2. The van der Waals surface area contributed by atoms with Crippen LogP contribution in [0.25, 0.3) is 0 Å². The number of para-hydroxylation sites is 1. The number of carbonyl (C=O) groups is 2. The lowest BCUT2D eigenvalue weighted by Crippen LogP contribution is -2.55. The van der Waals surface area contributed by atoms with Crippen LogP contribution in [0.1, 0.15) is 31.7 Å². The van der Waals surface area contributed by atoms with E-state index in [1.54, 1.807) is 4.90 Å². The molecule has 130 valence electrons. The van der Waals surface area contributed by atoms with E-state index in [0.29, 0.717) is 12.8 Å². The molecule has 2 amide bonds. The number of carbonyl (C=O) groups excluding carboxylic acids is 2. The summed E-state index contributed by atoms with van der Waals surface area (Å²) in [5, 5.41) is 0. The van der Waals surface area contributed by atoms with Crippen molar-refractivity contribution in [2.75, 3.05) is 38.1 Å². The second kappa shape index (κ2) is 7.34. The van der Waals surface area contributed by atoms with Crippen LogP contribution in [0.15, 0.2) is 24.3 Å². The number of hydrogen-bond donors (Lipinski definition) is 0. The molecule has 3 rings (SSSR count). The fraction of sp³-hybridized carbons (Fsp3) is 0.579. The van der Waals surface area contributed by atoms with Crippen molar-refractivity contribution in [1.29, 1.82) is 0 Å². The number of nitrogens with zero attached hydrogens (tertiary/aromatic N) is 3. The molecule has 2 heterocycles. The average molecular weight is 329 g/mol. The molecule has 1 aromatic carbocycles. The minimum Gasteiger partial charge on any atom is -0.338 e. The summed E-state index contributed by atoms with van der Waals surface area (Å²) in [4.78, 5) is 31.8. The minimum atomic E-state index is -0.389. The Bertz CT molecular complexity index is 608. The van der Waals surface area contributed by atoms with Gasteiger partial charge in [0.1, 0.15) is 6.04 Å². The van der Waals surface area contributed by atoms with Crippen molar-refractivity contribution in [2.24, 2.45) is 0 Å². The second-order valence-electron chi connectivity index (χ2n) is 6.80. The molecule has 0 N–H and O–H groups in total. The fourth-order valence-electron chi connectivity index (χ4n) is 3.69. The van der Waals surface area contributed by atoms with Gasteiger partial charge in [0, 0.05) is 38.3 Å². The molecule has 0 unspecified atom stereocenters. The fourth-order valence-corrected chi connectivity index (χ4v) is 3.69. The van der Waals surface area contributed by atoms with Crippen LogP contribution in [0.2, 0.25) is 0 Å². The monoisotopic (exact) mass is 329 g/mol. The van der Waals surface area contributed by atoms with Crippen LogP contribution < -0.4 is 4.90 Å². The molecule has 0 radical (unpaired) electrons. The molecular weight excluding hydrogens is 302 g/mol. The Morgan fingerprint density at radius 3 is 2.54 bits per heavy atom. The van der Waals surface area contributed by atoms with Crippen molar-refractivity contribution in [1.82, 2.24) is 9.80 Å². The topological polar surface area (TPSA) is 43.9 Å². The van der Waals surface area contributed by atoms with Crippen LogP contribution in [-0.2, 0) is 16.0 Å². The van der Waals surface area contributed by atoms with E-state index in [1.807, 2.05) is 30.0 Å². The third kappa shape index (κ3) is 3.31. The lowest BCUT2D eigenvalue weighted by Gasteiger charge is -2.38. The van der Waals surface area contributed by atoms with Gasteiger partial charge in [0.25, 0.3) is 0 Å². The van der Waals surface area contributed by atoms with Gasteiger partial charge in [0.15, 0.2) is 0 Å². The zero-order valence-corrected chi connectivity index (χ0v) is 14.7. The Labute approximate surface area is 144 Å². The third-order valence-corrected chi connectivity index (χ3v) is 5.15. The number of anilines is 1. The average Bonchev–Trinajstić information content (AvgIpc) is 2.75. The summed E-state index contributed by atoms with van der Waals surface area (Å²) < 4.78 is 0. The van der Waals surface area contributed by atoms with E-state index in [1.165, 1.54) is 5.56 Å². The third-order valence-electron chi connectivity index (χ3n) is 5.15. The number of fused-ring (bicyclic) bond motifs is 1. The first-order chi connectivity index (χ1) is 11.6. The molecule has 1 saturated heterocycles. The van der Waals surface area contributed by atoms with Gasteiger partial charge in [0.2, 0.25) is 11.8 Å². The van der Waals surface area contributed by atoms with Crippen molar-refractivity contribution >= 4 is 17.5 Å². The molecule has 0 bridgehead atoms. The molecule has 1 aromatic rings. The van der Waals surface area contributed by atoms with Crippen LogP contribution in [0.5, 0.6) is 0 Å². The first-order valence-electron chi connectivity index (χ1n) is 8.99. The lowest BCUT2D eigenvalue weighted by atomic mass is 10.1. The van der Waals surface area contributed by atoms with Crippen LogP contribution in [0, 0.1) is 0 Å². The minimum absolute atomic E-state index is 0.0780. The predicted molar refractivity (Wildman–Crippen MR) is 95.0 cm³/mol. The summed E-state index contributed by atoms with van der Waals surface area (Å²) in [5.41, 5.74) is 2.10. The van der Waals surface area contributed by atoms with Crippen LogP contribution in [0.3, 0.4) is 0 Å². The van der Waals surface area contributed by atoms with Crippen LogP contribution in [0.4, 0.5) is 5.69 Å². The smallest absolute Gasteiger partial charge is 0.245 e. The molecule has 2 aliphatic heterocycles. The van der Waals surface area contributed by atoms with Gasteiger partial charge in [-0.2, -0.15) is 0 Å². The Kier molecular flexibility index (Phi) is 5.19. The Balaban J connectivity index is 1.88. The van der Waals surface area contributed by atoms with Crippen LogP contribution >= 0.6 is 0 Å². The van der Waals surface area contributed by atoms with Crippen LogP contribution in [-0.4, -0.2) is 60.9 Å². The van der Waals surface area contributed by atoms with Crippen molar-refractivity contribution in [3.05, 3.63) is 29.8 Å². The largest absolute Gasteiger partial charge is 0.338 e. The molecule has 0 aliphatic carbocycles. The number of likely N-dealkylation sites (N-methyl/N-ethyl adjacent to an activating group) is 1. The van der Waals surface area contributed by atoms with E-state index in [2.05, 4.69) is 18.0 Å². The Morgan fingerprint density at radius 1 is 1.12 bits per heavy atom. The number of amides is 2. The second-order valence-corrected chi connectivity index (χ2v) is 6.80. The van der Waals surface area contributed by atoms with Crippen molar-refractivity contribution in [3.63, 3.8) is 0 Å². The van der Waals surface area contributed by atoms with Crippen molar-refractivity contribution in [2.45, 2.75) is 38.6 Å². The molecule has 0 aromatic heterocycles. The molecule has 2 aliphatic rings. The van der Waals surface area contributed by atoms with E-state index < -0.39 is 0 Å². The maximum atomic E-state index is 13.1. The Hall–Kier alpha value is -1.88. The van der Waals surface area contributed by atoms with E-state index in [9.17, 15) is 9.59 Å². The summed E-state index contributed by atoms with van der Waals surface area (Å²) in [5.74, 6) is 0.171. The molecule has 0 saturated carbocycles. The van der Waals surface area contributed by atoms with Gasteiger partial charge >= 0.3 is 0 Å². The number of aryl methyl sites for hydroxylation is 1. The normalized spacial score (nSPS) is 20.5. The summed E-state index contributed by atoms with van der Waals surface area (Å²) in [6.07, 6.45) is 2.91. The van der Waals surface area contributed by atoms with Gasteiger partial charge in [-0.15, -0.1) is 0 Å². The quantitative estimate of drug-likeness (QED) is 0.851. The summed E-state index contributed by atoms with van der Waals surface area (Å²) >= 11 is 0. The molecule has 5 nitrogen and oxygen atoms in total. The number of benzene rings is 1. The highest BCUT2D eigenvalue weighted by Crippen LogP contribution is 2.30. The van der Waals surface area contributed by atoms with Gasteiger partial charge in [-0.1, -0.05) is 25.1 Å². The maximum absolute atomic E-state index is 13.1. The molecule has 24 heavy (non-hydrogen) atoms. The Morgan fingerprint density at radius 2 is 1.83 bits per heavy atom. The molecule has 1 fully saturated rings. The standard InChI is InChI=1S/C19H27N3O2/c1-3-16(19(24)21-13-11-20(2)12-14-21)22-17-9-5-4-7-15(17)8-6-10-18(22)23/h4-5,7,9,16H,3,6,8,10-14H2,1-2H3/t16-/m0/s1. The highest BCUT2D eigenvalue weighted by Gasteiger charge is 2.35. The zero-order valence-electron chi connectivity index (χ0n) is 14.7. The van der Waals surface area contributed by atoms with Gasteiger partial charge in [0.05, 0.1) is 0 Å². The number of rotatable bonds is 3. The summed E-state index contributed by atoms with van der Waals surface area (Å²) in [6.45, 7) is 5.28. The number of hydrogen-bond acceptors (Lipinski definition) is 3. The van der Waals surface area contributed by atoms with E-state index in [4.69, 9.17) is 0 Å². The number of piperazine rings is 1. The van der Waals surface area contributed by atoms with Gasteiger partial charge in [-0.3, -0.25) is 14.5 Å². The maximum Gasteiger partial charge on any atom is 0.245 e. The van der Waals surface area contributed by atoms with Crippen molar-refractivity contribution in [3.8, 4) is 0 Å². The van der Waals surface area contributed by atoms with Gasteiger partial charge in [-0.05, 0) is 37.9 Å². The lowest BCUT2D eigenvalue weighted by molar-refractivity contribution is -0.136. The van der Waals surface area contributed by atoms with Crippen molar-refractivity contribution < 1.29 is 9.59 Å². The predicted octanol–water partition coefficient (Wildman–Crippen LogP) is 1.91. The highest BCUT2D eigenvalue weighted by molar-refractivity contribution is 6.01. The zero-order chi connectivity index (χ0) is 17.1. The summed E-state index contributed by atoms with van der Waals surface area (Å²) in [7, 11) is 2.08. The van der Waals surface area contributed by atoms with E-state index in [0.717, 1.165) is 44.7 Å². The first-order valence-corrected chi connectivity index (χ1v) is 8.99. The van der Waals surface area contributed by atoms with E-state index in [-0.39, 0.29) is 17.9 Å². The molecule has 5 heteroatoms. The first kappa shape index (κ1) is 17.0. The molecule has 0 spiro atoms. The van der Waals surface area contributed by atoms with E-state index >= 15 is 0 Å². The summed E-state index contributed by atoms with van der Waals surface area (Å²) in [6, 6.07) is 7.64. The van der Waals surface area contributed by atoms with Gasteiger partial charge < -0.3 is 9.80 Å².